The number of anilines is 2. The highest BCUT2D eigenvalue weighted by Gasteiger charge is 2.30. The summed E-state index contributed by atoms with van der Waals surface area (Å²) in [6.07, 6.45) is 3.53. The average molecular weight is 387 g/mol. The molecule has 2 heterocycles. The minimum absolute atomic E-state index is 0. The van der Waals surface area contributed by atoms with Gasteiger partial charge in [0.1, 0.15) is 5.82 Å². The predicted molar refractivity (Wildman–Crippen MR) is 111 cm³/mol. The molecule has 0 spiro atoms. The number of nitrogens with zero attached hydrogens (tertiary/aromatic N) is 3. The number of rotatable bonds is 1. The molecule has 0 saturated carbocycles. The van der Waals surface area contributed by atoms with Gasteiger partial charge in [-0.3, -0.25) is 0 Å². The number of piperazine rings is 1. The highest BCUT2D eigenvalue weighted by Crippen LogP contribution is 2.40. The van der Waals surface area contributed by atoms with Crippen molar-refractivity contribution in [2.75, 3.05) is 36.4 Å². The number of hydrogen-bond acceptors (Lipinski definition) is 4. The van der Waals surface area contributed by atoms with E-state index >= 15 is 0 Å². The third kappa shape index (κ3) is 3.36. The maximum Gasteiger partial charge on any atom is 0.199 e. The van der Waals surface area contributed by atoms with Crippen LogP contribution in [0.1, 0.15) is 30.0 Å². The Morgan fingerprint density at radius 2 is 1.70 bits per heavy atom. The van der Waals surface area contributed by atoms with E-state index < -0.39 is 0 Å². The fraction of sp³-hybridized carbons (Fsp3) is 0.381. The highest BCUT2D eigenvalue weighted by molar-refractivity contribution is 5.96. The van der Waals surface area contributed by atoms with Gasteiger partial charge in [0.2, 0.25) is 0 Å². The summed E-state index contributed by atoms with van der Waals surface area (Å²) in [4.78, 5) is 9.71. The number of nitrogens with one attached hydrogen (secondary N) is 1. The van der Waals surface area contributed by atoms with Gasteiger partial charge in [-0.2, -0.15) is 0 Å². The van der Waals surface area contributed by atoms with Crippen LogP contribution in [0.5, 0.6) is 0 Å². The second-order valence-corrected chi connectivity index (χ2v) is 7.31. The molecule has 1 unspecified atom stereocenters. The van der Waals surface area contributed by atoms with Gasteiger partial charge < -0.3 is 15.1 Å². The van der Waals surface area contributed by atoms with Gasteiger partial charge in [-0.15, -0.1) is 12.4 Å². The Kier molecular flexibility index (Phi) is 4.96. The van der Waals surface area contributed by atoms with Crippen LogP contribution in [0.2, 0.25) is 0 Å². The first kappa shape index (κ1) is 18.1. The monoisotopic (exact) mass is 386 g/mol. The van der Waals surface area contributed by atoms with Gasteiger partial charge >= 0.3 is 0 Å². The molecule has 1 N–H and O–H groups in total. The first-order chi connectivity index (χ1) is 12.8. The van der Waals surface area contributed by atoms with E-state index in [-0.39, 0.29) is 18.2 Å². The zero-order valence-corrected chi connectivity index (χ0v) is 16.0. The minimum atomic E-state index is -0.182. The minimum Gasteiger partial charge on any atom is -0.368 e. The Balaban J connectivity index is 0.00000180. The summed E-state index contributed by atoms with van der Waals surface area (Å²) in [6.45, 7) is 3.68. The molecule has 27 heavy (non-hydrogen) atoms. The zero-order valence-electron chi connectivity index (χ0n) is 15.2. The predicted octanol–water partition coefficient (Wildman–Crippen LogP) is 4.23. The van der Waals surface area contributed by atoms with Crippen molar-refractivity contribution in [3.63, 3.8) is 0 Å². The summed E-state index contributed by atoms with van der Waals surface area (Å²) in [7, 11) is 0. The molecule has 1 fully saturated rings. The van der Waals surface area contributed by atoms with Crippen LogP contribution in [-0.2, 0) is 6.42 Å². The van der Waals surface area contributed by atoms with Crippen molar-refractivity contribution in [3.05, 3.63) is 59.4 Å². The second kappa shape index (κ2) is 7.39. The molecule has 3 aliphatic rings. The Labute approximate surface area is 165 Å². The van der Waals surface area contributed by atoms with Crippen LogP contribution in [-0.4, -0.2) is 37.0 Å². The second-order valence-electron chi connectivity index (χ2n) is 7.31. The number of aliphatic imine (C=N–C) groups is 1. The lowest BCUT2D eigenvalue weighted by Crippen LogP contribution is -2.51. The maximum atomic E-state index is 13.1. The molecule has 0 bridgehead atoms. The summed E-state index contributed by atoms with van der Waals surface area (Å²) < 4.78 is 13.1. The lowest BCUT2D eigenvalue weighted by molar-refractivity contribution is 0.379. The van der Waals surface area contributed by atoms with E-state index in [0.717, 1.165) is 44.2 Å². The summed E-state index contributed by atoms with van der Waals surface area (Å²) in [5, 5.41) is 3.58. The number of benzene rings is 2. The normalized spacial score (nSPS) is 20.9. The third-order valence-corrected chi connectivity index (χ3v) is 5.75. The smallest absolute Gasteiger partial charge is 0.199 e. The number of halogens is 2. The highest BCUT2D eigenvalue weighted by atomic mass is 35.5. The van der Waals surface area contributed by atoms with Gasteiger partial charge in [0.25, 0.3) is 0 Å². The van der Waals surface area contributed by atoms with Crippen molar-refractivity contribution in [1.29, 1.82) is 0 Å². The van der Waals surface area contributed by atoms with E-state index in [1.165, 1.54) is 41.8 Å². The van der Waals surface area contributed by atoms with Gasteiger partial charge in [-0.25, -0.2) is 9.38 Å². The van der Waals surface area contributed by atoms with E-state index in [0.29, 0.717) is 6.04 Å². The zero-order chi connectivity index (χ0) is 17.5. The molecule has 2 aromatic rings. The van der Waals surface area contributed by atoms with Crippen LogP contribution in [0.25, 0.3) is 0 Å². The van der Waals surface area contributed by atoms with Crippen molar-refractivity contribution >= 4 is 29.7 Å². The number of hydrogen-bond donors (Lipinski definition) is 1. The molecule has 1 saturated heterocycles. The van der Waals surface area contributed by atoms with Crippen LogP contribution in [0, 0.1) is 5.82 Å². The lowest BCUT2D eigenvalue weighted by Gasteiger charge is -2.40. The number of aryl methyl sites for hydroxylation is 1. The molecule has 6 heteroatoms. The first-order valence-electron chi connectivity index (χ1n) is 9.50. The average Bonchev–Trinajstić information content (AvgIpc) is 2.69. The molecular weight excluding hydrogens is 363 g/mol. The van der Waals surface area contributed by atoms with Crippen LogP contribution in [0.15, 0.2) is 47.5 Å². The van der Waals surface area contributed by atoms with Crippen molar-refractivity contribution in [2.45, 2.75) is 25.3 Å². The van der Waals surface area contributed by atoms with Crippen LogP contribution in [0.3, 0.4) is 0 Å². The fourth-order valence-electron chi connectivity index (χ4n) is 4.38. The standard InChI is InChI=1S/C21H23FN4.ClH/c22-16-7-9-17(10-8-16)25-11-13-26(14-12-25)21-23-18-5-1-3-15-4-2-6-19(24-21)20(15)18;/h1,3,5,7-10,19H,2,4,6,11-14H2,(H,23,24);1H. The van der Waals surface area contributed by atoms with Crippen LogP contribution >= 0.6 is 12.4 Å². The first-order valence-corrected chi connectivity index (χ1v) is 9.50. The van der Waals surface area contributed by atoms with Crippen molar-refractivity contribution < 1.29 is 4.39 Å². The van der Waals surface area contributed by atoms with Crippen LogP contribution < -0.4 is 10.2 Å². The summed E-state index contributed by atoms with van der Waals surface area (Å²) >= 11 is 0. The Bertz CT molecular complexity index is 844. The van der Waals surface area contributed by atoms with Gasteiger partial charge in [0, 0.05) is 43.1 Å². The Morgan fingerprint density at radius 3 is 2.48 bits per heavy atom. The van der Waals surface area contributed by atoms with E-state index in [4.69, 9.17) is 4.99 Å². The van der Waals surface area contributed by atoms with Crippen LogP contribution in [0.4, 0.5) is 15.8 Å². The van der Waals surface area contributed by atoms with Crippen molar-refractivity contribution in [1.82, 2.24) is 4.90 Å². The number of guanidine groups is 1. The lowest BCUT2D eigenvalue weighted by atomic mass is 9.86. The van der Waals surface area contributed by atoms with E-state index in [1.54, 1.807) is 0 Å². The summed E-state index contributed by atoms with van der Waals surface area (Å²) in [6, 6.07) is 13.7. The van der Waals surface area contributed by atoms with Gasteiger partial charge in [0.05, 0.1) is 6.04 Å². The third-order valence-electron chi connectivity index (χ3n) is 5.75. The molecule has 2 aromatic carbocycles. The van der Waals surface area contributed by atoms with E-state index in [1.807, 2.05) is 12.1 Å². The molecule has 1 atom stereocenters. The van der Waals surface area contributed by atoms with Crippen molar-refractivity contribution in [3.8, 4) is 0 Å². The summed E-state index contributed by atoms with van der Waals surface area (Å²) in [5.41, 5.74) is 5.19. The largest absolute Gasteiger partial charge is 0.368 e. The van der Waals surface area contributed by atoms with Gasteiger partial charge in [-0.1, -0.05) is 12.1 Å². The SMILES string of the molecule is Cl.Fc1ccc(N2CCN(C3=NC4CCCc5cccc(c54)N3)CC2)cc1. The molecule has 2 aliphatic heterocycles. The molecular formula is C21H24ClFN4. The maximum absolute atomic E-state index is 13.1. The van der Waals surface area contributed by atoms with Gasteiger partial charge in [-0.05, 0) is 55.2 Å². The van der Waals surface area contributed by atoms with Gasteiger partial charge in [0.15, 0.2) is 5.96 Å². The Hall–Kier alpha value is -2.27. The topological polar surface area (TPSA) is 30.9 Å². The molecule has 5 rings (SSSR count). The molecule has 0 aromatic heterocycles. The summed E-state index contributed by atoms with van der Waals surface area (Å²) in [5.74, 6) is 0.832. The molecule has 142 valence electrons. The molecule has 0 radical (unpaired) electrons. The Morgan fingerprint density at radius 1 is 0.963 bits per heavy atom. The molecule has 4 nitrogen and oxygen atoms in total. The van der Waals surface area contributed by atoms with Crippen molar-refractivity contribution in [2.24, 2.45) is 4.99 Å². The van der Waals surface area contributed by atoms with E-state index in [2.05, 4.69) is 33.3 Å². The van der Waals surface area contributed by atoms with E-state index in [9.17, 15) is 4.39 Å². The fourth-order valence-corrected chi connectivity index (χ4v) is 4.38. The quantitative estimate of drug-likeness (QED) is 0.795. The molecule has 0 amide bonds. The molecule has 1 aliphatic carbocycles.